The van der Waals surface area contributed by atoms with Gasteiger partial charge in [-0.25, -0.2) is 4.98 Å². The molecule has 2 N–H and O–H groups in total. The number of aryl methyl sites for hydroxylation is 2. The fourth-order valence-electron chi connectivity index (χ4n) is 3.22. The van der Waals surface area contributed by atoms with Crippen molar-refractivity contribution in [1.82, 2.24) is 14.8 Å². The van der Waals surface area contributed by atoms with E-state index < -0.39 is 0 Å². The van der Waals surface area contributed by atoms with Crippen molar-refractivity contribution < 1.29 is 9.59 Å². The van der Waals surface area contributed by atoms with Crippen LogP contribution in [0.15, 0.2) is 36.5 Å². The Bertz CT molecular complexity index is 1130. The third kappa shape index (κ3) is 4.11. The lowest BCUT2D eigenvalue weighted by molar-refractivity contribution is -0.116. The first-order valence-electron chi connectivity index (χ1n) is 9.03. The summed E-state index contributed by atoms with van der Waals surface area (Å²) in [6.45, 7) is 1.81. The maximum atomic E-state index is 12.9. The lowest BCUT2D eigenvalue weighted by Crippen LogP contribution is -2.16. The van der Waals surface area contributed by atoms with Crippen LogP contribution in [-0.2, 0) is 11.2 Å². The maximum Gasteiger partial charge on any atom is 0.256 e. The van der Waals surface area contributed by atoms with Crippen LogP contribution >= 0.6 is 23.2 Å². The van der Waals surface area contributed by atoms with Gasteiger partial charge in [0.05, 0.1) is 15.7 Å². The Kier molecular flexibility index (Phi) is 5.25. The Morgan fingerprint density at radius 2 is 2.03 bits per heavy atom. The SMILES string of the molecule is Cc1cc(NC(=O)c2ccc3c(c2)CCCC(=O)N3)n(-c2ncc(Cl)cc2Cl)n1. The largest absolute Gasteiger partial charge is 0.326 e. The van der Waals surface area contributed by atoms with E-state index in [9.17, 15) is 9.59 Å². The number of nitrogens with zero attached hydrogens (tertiary/aromatic N) is 3. The van der Waals surface area contributed by atoms with Crippen LogP contribution < -0.4 is 10.6 Å². The molecular formula is C20H17Cl2N5O2. The number of aromatic nitrogens is 3. The zero-order valence-corrected chi connectivity index (χ0v) is 17.0. The van der Waals surface area contributed by atoms with Crippen molar-refractivity contribution >= 4 is 46.5 Å². The van der Waals surface area contributed by atoms with Crippen LogP contribution in [0.1, 0.15) is 34.5 Å². The highest BCUT2D eigenvalue weighted by molar-refractivity contribution is 6.35. The molecule has 0 saturated heterocycles. The molecule has 3 heterocycles. The van der Waals surface area contributed by atoms with E-state index in [1.54, 1.807) is 37.3 Å². The van der Waals surface area contributed by atoms with Crippen molar-refractivity contribution in [3.05, 3.63) is 63.4 Å². The summed E-state index contributed by atoms with van der Waals surface area (Å²) in [7, 11) is 0. The number of pyridine rings is 1. The van der Waals surface area contributed by atoms with Gasteiger partial charge in [0.2, 0.25) is 5.91 Å². The number of halogens is 2. The molecule has 0 bridgehead atoms. The number of anilines is 2. The first-order valence-corrected chi connectivity index (χ1v) is 9.78. The molecule has 3 aromatic rings. The fraction of sp³-hybridized carbons (Fsp3) is 0.200. The van der Waals surface area contributed by atoms with Gasteiger partial charge < -0.3 is 10.6 Å². The number of hydrogen-bond donors (Lipinski definition) is 2. The molecule has 1 aromatic carbocycles. The third-order valence-electron chi connectivity index (χ3n) is 4.55. The third-order valence-corrected chi connectivity index (χ3v) is 5.04. The van der Waals surface area contributed by atoms with Gasteiger partial charge in [-0.3, -0.25) is 9.59 Å². The van der Waals surface area contributed by atoms with Crippen molar-refractivity contribution in [1.29, 1.82) is 0 Å². The zero-order chi connectivity index (χ0) is 20.5. The Morgan fingerprint density at radius 1 is 1.21 bits per heavy atom. The summed E-state index contributed by atoms with van der Waals surface area (Å²) in [5.41, 5.74) is 2.87. The molecular weight excluding hydrogens is 413 g/mol. The molecule has 1 aliphatic rings. The molecule has 9 heteroatoms. The highest BCUT2D eigenvalue weighted by Gasteiger charge is 2.18. The summed E-state index contributed by atoms with van der Waals surface area (Å²) in [5, 5.41) is 10.8. The number of carbonyl (C=O) groups is 2. The van der Waals surface area contributed by atoms with Crippen molar-refractivity contribution in [3.63, 3.8) is 0 Å². The minimum Gasteiger partial charge on any atom is -0.326 e. The molecule has 1 aliphatic heterocycles. The molecule has 4 rings (SSSR count). The second-order valence-corrected chi connectivity index (χ2v) is 7.61. The van der Waals surface area contributed by atoms with Gasteiger partial charge in [-0.1, -0.05) is 23.2 Å². The van der Waals surface area contributed by atoms with Crippen LogP contribution in [0.2, 0.25) is 10.0 Å². The maximum absolute atomic E-state index is 12.9. The molecule has 7 nitrogen and oxygen atoms in total. The number of nitrogens with one attached hydrogen (secondary N) is 2. The van der Waals surface area contributed by atoms with E-state index in [2.05, 4.69) is 20.7 Å². The molecule has 0 aliphatic carbocycles. The number of rotatable bonds is 3. The molecule has 148 valence electrons. The van der Waals surface area contributed by atoms with Crippen LogP contribution in [0.25, 0.3) is 5.82 Å². The van der Waals surface area contributed by atoms with E-state index in [1.807, 2.05) is 0 Å². The van der Waals surface area contributed by atoms with E-state index in [1.165, 1.54) is 10.9 Å². The van der Waals surface area contributed by atoms with Gasteiger partial charge >= 0.3 is 0 Å². The normalized spacial score (nSPS) is 13.4. The quantitative estimate of drug-likeness (QED) is 0.644. The van der Waals surface area contributed by atoms with E-state index >= 15 is 0 Å². The van der Waals surface area contributed by atoms with Crippen molar-refractivity contribution in [3.8, 4) is 5.82 Å². The Labute approximate surface area is 177 Å². The number of amides is 2. The fourth-order valence-corrected chi connectivity index (χ4v) is 3.68. The summed E-state index contributed by atoms with van der Waals surface area (Å²) in [5.74, 6) is 0.499. The predicted octanol–water partition coefficient (Wildman–Crippen LogP) is 4.41. The van der Waals surface area contributed by atoms with Gasteiger partial charge in [0.25, 0.3) is 5.91 Å². The summed E-state index contributed by atoms with van der Waals surface area (Å²) in [4.78, 5) is 28.8. The van der Waals surface area contributed by atoms with E-state index in [4.69, 9.17) is 23.2 Å². The summed E-state index contributed by atoms with van der Waals surface area (Å²) in [6.07, 6.45) is 3.42. The number of hydrogen-bond acceptors (Lipinski definition) is 4. The monoisotopic (exact) mass is 429 g/mol. The van der Waals surface area contributed by atoms with Gasteiger partial charge in [-0.05, 0) is 49.6 Å². The average molecular weight is 430 g/mol. The topological polar surface area (TPSA) is 88.9 Å². The zero-order valence-electron chi connectivity index (χ0n) is 15.5. The highest BCUT2D eigenvalue weighted by Crippen LogP contribution is 2.26. The minimum atomic E-state index is -0.297. The van der Waals surface area contributed by atoms with Gasteiger partial charge in [0, 0.05) is 29.9 Å². The van der Waals surface area contributed by atoms with E-state index in [-0.39, 0.29) is 11.8 Å². The van der Waals surface area contributed by atoms with Crippen molar-refractivity contribution in [2.24, 2.45) is 0 Å². The number of fused-ring (bicyclic) bond motifs is 1. The highest BCUT2D eigenvalue weighted by atomic mass is 35.5. The van der Waals surface area contributed by atoms with Crippen LogP contribution in [0, 0.1) is 6.92 Å². The lowest BCUT2D eigenvalue weighted by atomic mass is 10.0. The second kappa shape index (κ2) is 7.85. The summed E-state index contributed by atoms with van der Waals surface area (Å²) < 4.78 is 1.47. The van der Waals surface area contributed by atoms with Gasteiger partial charge in [0.15, 0.2) is 5.82 Å². The Balaban J connectivity index is 1.63. The molecule has 0 fully saturated rings. The summed E-state index contributed by atoms with van der Waals surface area (Å²) in [6, 6.07) is 8.54. The Hall–Kier alpha value is -2.90. The smallest absolute Gasteiger partial charge is 0.256 e. The lowest BCUT2D eigenvalue weighted by Gasteiger charge is -2.11. The van der Waals surface area contributed by atoms with Gasteiger partial charge in [0.1, 0.15) is 5.82 Å². The predicted molar refractivity (Wildman–Crippen MR) is 112 cm³/mol. The molecule has 0 spiro atoms. The van der Waals surface area contributed by atoms with Crippen LogP contribution in [0.3, 0.4) is 0 Å². The standard InChI is InChI=1S/C20H17Cl2N5O2/c1-11-7-17(27(26-11)19-15(22)9-14(21)10-23-19)25-20(29)13-5-6-16-12(8-13)3-2-4-18(28)24-16/h5-10H,2-4H2,1H3,(H,24,28)(H,25,29). The minimum absolute atomic E-state index is 0.00679. The first-order chi connectivity index (χ1) is 13.9. The molecule has 0 atom stereocenters. The number of carbonyl (C=O) groups excluding carboxylic acids is 2. The van der Waals surface area contributed by atoms with Gasteiger partial charge in [-0.15, -0.1) is 0 Å². The van der Waals surface area contributed by atoms with Crippen LogP contribution in [0.4, 0.5) is 11.5 Å². The van der Waals surface area contributed by atoms with Gasteiger partial charge in [-0.2, -0.15) is 9.78 Å². The average Bonchev–Trinajstić information content (AvgIpc) is 2.91. The second-order valence-electron chi connectivity index (χ2n) is 6.77. The summed E-state index contributed by atoms with van der Waals surface area (Å²) >= 11 is 12.2. The molecule has 0 radical (unpaired) electrons. The van der Waals surface area contributed by atoms with E-state index in [0.29, 0.717) is 39.4 Å². The first kappa shape index (κ1) is 19.4. The molecule has 2 amide bonds. The van der Waals surface area contributed by atoms with Crippen LogP contribution in [0.5, 0.6) is 0 Å². The van der Waals surface area contributed by atoms with E-state index in [0.717, 1.165) is 24.1 Å². The molecule has 29 heavy (non-hydrogen) atoms. The van der Waals surface area contributed by atoms with Crippen molar-refractivity contribution in [2.45, 2.75) is 26.2 Å². The molecule has 2 aromatic heterocycles. The van der Waals surface area contributed by atoms with Crippen molar-refractivity contribution in [2.75, 3.05) is 10.6 Å². The van der Waals surface area contributed by atoms with Crippen LogP contribution in [-0.4, -0.2) is 26.6 Å². The molecule has 0 unspecified atom stereocenters. The number of benzene rings is 1. The molecule has 0 saturated carbocycles. The Morgan fingerprint density at radius 3 is 2.83 bits per heavy atom.